The van der Waals surface area contributed by atoms with Gasteiger partial charge in [-0.2, -0.15) is 0 Å². The molecule has 0 saturated carbocycles. The molecule has 0 bridgehead atoms. The van der Waals surface area contributed by atoms with Crippen molar-refractivity contribution >= 4 is 14.5 Å². The standard InChI is InChI=1S/C8H12Se/c1-2-3-5-8-6-4-7-9-8/h4,6-7H,2-3,5H2,1H3. The molecule has 0 aliphatic heterocycles. The van der Waals surface area contributed by atoms with Crippen molar-refractivity contribution in [2.45, 2.75) is 26.2 Å². The molecule has 1 aromatic heterocycles. The molecular formula is C8H12Se. The normalized spacial score (nSPS) is 9.89. The molecule has 1 heteroatoms. The Morgan fingerprint density at radius 1 is 1.56 bits per heavy atom. The first-order chi connectivity index (χ1) is 4.43. The average Bonchev–Trinajstić information content (AvgIpc) is 2.34. The first-order valence-corrected chi connectivity index (χ1v) is 5.30. The minimum absolute atomic E-state index is 0.717. The molecule has 0 saturated heterocycles. The van der Waals surface area contributed by atoms with Gasteiger partial charge in [-0.25, -0.2) is 0 Å². The number of hydrogen-bond acceptors (Lipinski definition) is 0. The van der Waals surface area contributed by atoms with Gasteiger partial charge in [0.25, 0.3) is 0 Å². The molecule has 1 rings (SSSR count). The van der Waals surface area contributed by atoms with Crippen molar-refractivity contribution in [1.29, 1.82) is 0 Å². The van der Waals surface area contributed by atoms with Gasteiger partial charge in [0.15, 0.2) is 0 Å². The van der Waals surface area contributed by atoms with Crippen molar-refractivity contribution in [3.05, 3.63) is 21.5 Å². The Labute approximate surface area is 62.6 Å². The van der Waals surface area contributed by atoms with Crippen molar-refractivity contribution in [2.24, 2.45) is 0 Å². The van der Waals surface area contributed by atoms with Gasteiger partial charge in [0.05, 0.1) is 0 Å². The fourth-order valence-corrected chi connectivity index (χ4v) is 2.38. The van der Waals surface area contributed by atoms with Gasteiger partial charge in [0.1, 0.15) is 0 Å². The van der Waals surface area contributed by atoms with Crippen molar-refractivity contribution in [3.63, 3.8) is 0 Å². The van der Waals surface area contributed by atoms with Gasteiger partial charge in [-0.15, -0.1) is 0 Å². The van der Waals surface area contributed by atoms with Gasteiger partial charge in [-0.3, -0.25) is 0 Å². The second-order valence-corrected chi connectivity index (χ2v) is 4.35. The quantitative estimate of drug-likeness (QED) is 0.635. The third-order valence-electron chi connectivity index (χ3n) is 1.36. The van der Waals surface area contributed by atoms with E-state index in [0.29, 0.717) is 0 Å². The summed E-state index contributed by atoms with van der Waals surface area (Å²) in [4.78, 5) is 2.29. The van der Waals surface area contributed by atoms with E-state index in [0.717, 1.165) is 14.5 Å². The molecular weight excluding hydrogens is 175 g/mol. The molecule has 0 amide bonds. The molecule has 1 heterocycles. The fraction of sp³-hybridized carbons (Fsp3) is 0.500. The van der Waals surface area contributed by atoms with E-state index in [4.69, 9.17) is 0 Å². The van der Waals surface area contributed by atoms with E-state index in [-0.39, 0.29) is 0 Å². The molecule has 0 fully saturated rings. The van der Waals surface area contributed by atoms with Crippen LogP contribution in [0.5, 0.6) is 0 Å². The van der Waals surface area contributed by atoms with Crippen LogP contribution in [0, 0.1) is 0 Å². The summed E-state index contributed by atoms with van der Waals surface area (Å²) in [6.07, 6.45) is 4.03. The monoisotopic (exact) mass is 188 g/mol. The zero-order chi connectivity index (χ0) is 6.53. The Bertz CT molecular complexity index is 142. The van der Waals surface area contributed by atoms with Crippen molar-refractivity contribution in [3.8, 4) is 0 Å². The van der Waals surface area contributed by atoms with Crippen LogP contribution in [0.2, 0.25) is 0 Å². The van der Waals surface area contributed by atoms with Gasteiger partial charge in [0, 0.05) is 0 Å². The van der Waals surface area contributed by atoms with Crippen LogP contribution >= 0.6 is 0 Å². The Morgan fingerprint density at radius 2 is 2.44 bits per heavy atom. The van der Waals surface area contributed by atoms with E-state index in [9.17, 15) is 0 Å². The minimum atomic E-state index is 0.717. The summed E-state index contributed by atoms with van der Waals surface area (Å²) < 4.78 is 1.67. The molecule has 0 aliphatic rings. The van der Waals surface area contributed by atoms with Crippen molar-refractivity contribution in [2.75, 3.05) is 0 Å². The SMILES string of the molecule is CCCCc1ccc[se]1. The van der Waals surface area contributed by atoms with Gasteiger partial charge in [-0.05, 0) is 0 Å². The second kappa shape index (κ2) is 3.92. The first-order valence-electron chi connectivity index (χ1n) is 3.46. The molecule has 0 atom stereocenters. The summed E-state index contributed by atoms with van der Waals surface area (Å²) in [6, 6.07) is 4.46. The Balaban J connectivity index is 2.30. The van der Waals surface area contributed by atoms with Crippen LogP contribution in [0.4, 0.5) is 0 Å². The predicted molar refractivity (Wildman–Crippen MR) is 42.0 cm³/mol. The number of aryl methyl sites for hydroxylation is 1. The number of unbranched alkanes of at least 4 members (excludes halogenated alkanes) is 1. The molecule has 0 N–H and O–H groups in total. The van der Waals surface area contributed by atoms with E-state index in [1.807, 2.05) is 0 Å². The van der Waals surface area contributed by atoms with Crippen LogP contribution in [0.3, 0.4) is 0 Å². The van der Waals surface area contributed by atoms with E-state index in [1.165, 1.54) is 19.3 Å². The molecule has 0 unspecified atom stereocenters. The summed E-state index contributed by atoms with van der Waals surface area (Å²) in [5.74, 6) is 0. The number of hydrogen-bond donors (Lipinski definition) is 0. The average molecular weight is 187 g/mol. The maximum atomic E-state index is 2.29. The van der Waals surface area contributed by atoms with Crippen LogP contribution in [0.15, 0.2) is 17.1 Å². The Hall–Kier alpha value is -0.000519. The first kappa shape index (κ1) is 7.11. The zero-order valence-electron chi connectivity index (χ0n) is 5.76. The van der Waals surface area contributed by atoms with E-state index in [2.05, 4.69) is 24.0 Å². The van der Waals surface area contributed by atoms with Crippen LogP contribution < -0.4 is 0 Å². The Kier molecular flexibility index (Phi) is 3.10. The van der Waals surface area contributed by atoms with E-state index < -0.39 is 0 Å². The zero-order valence-corrected chi connectivity index (χ0v) is 7.47. The third-order valence-corrected chi connectivity index (χ3v) is 3.32. The fourth-order valence-electron chi connectivity index (χ4n) is 0.806. The molecule has 0 nitrogen and oxygen atoms in total. The van der Waals surface area contributed by atoms with Crippen LogP contribution in [0.1, 0.15) is 24.2 Å². The molecule has 1 aromatic rings. The summed E-state index contributed by atoms with van der Waals surface area (Å²) in [7, 11) is 0. The molecule has 9 heavy (non-hydrogen) atoms. The maximum absolute atomic E-state index is 2.29. The van der Waals surface area contributed by atoms with Crippen molar-refractivity contribution < 1.29 is 0 Å². The van der Waals surface area contributed by atoms with Gasteiger partial charge < -0.3 is 0 Å². The van der Waals surface area contributed by atoms with Crippen LogP contribution in [0.25, 0.3) is 0 Å². The van der Waals surface area contributed by atoms with Gasteiger partial charge in [0.2, 0.25) is 0 Å². The molecule has 0 aromatic carbocycles. The van der Waals surface area contributed by atoms with Crippen LogP contribution in [-0.2, 0) is 6.42 Å². The third kappa shape index (κ3) is 2.38. The summed E-state index contributed by atoms with van der Waals surface area (Å²) >= 11 is 0.717. The molecule has 0 aliphatic carbocycles. The summed E-state index contributed by atoms with van der Waals surface area (Å²) in [5.41, 5.74) is 0. The second-order valence-electron chi connectivity index (χ2n) is 2.18. The van der Waals surface area contributed by atoms with E-state index >= 15 is 0 Å². The molecule has 50 valence electrons. The summed E-state index contributed by atoms with van der Waals surface area (Å²) in [6.45, 7) is 2.25. The van der Waals surface area contributed by atoms with E-state index in [1.54, 1.807) is 4.44 Å². The van der Waals surface area contributed by atoms with Gasteiger partial charge in [-0.1, -0.05) is 0 Å². The predicted octanol–water partition coefficient (Wildman–Crippen LogP) is 2.09. The number of rotatable bonds is 3. The van der Waals surface area contributed by atoms with Gasteiger partial charge >= 0.3 is 62.2 Å². The summed E-state index contributed by atoms with van der Waals surface area (Å²) in [5, 5.41) is 0. The Morgan fingerprint density at radius 3 is 3.00 bits per heavy atom. The van der Waals surface area contributed by atoms with Crippen molar-refractivity contribution in [1.82, 2.24) is 0 Å². The molecule has 0 radical (unpaired) electrons. The molecule has 0 spiro atoms. The van der Waals surface area contributed by atoms with Crippen LogP contribution in [-0.4, -0.2) is 14.5 Å². The topological polar surface area (TPSA) is 0 Å².